The number of amides is 2. The molecule has 172 valence electrons. The third kappa shape index (κ3) is 7.54. The zero-order valence-electron chi connectivity index (χ0n) is 20.1. The van der Waals surface area contributed by atoms with Gasteiger partial charge in [0.15, 0.2) is 0 Å². The molecule has 7 heteroatoms. The van der Waals surface area contributed by atoms with Gasteiger partial charge in [-0.2, -0.15) is 0 Å². The molecule has 29 heavy (non-hydrogen) atoms. The number of primary amides is 1. The Balaban J connectivity index is 0.00000379. The molecular weight excluding hydrogens is 370 g/mol. The van der Waals surface area contributed by atoms with Gasteiger partial charge < -0.3 is 25.0 Å². The van der Waals surface area contributed by atoms with Crippen molar-refractivity contribution >= 4 is 11.8 Å². The van der Waals surface area contributed by atoms with Crippen molar-refractivity contribution in [3.05, 3.63) is 0 Å². The van der Waals surface area contributed by atoms with Crippen molar-refractivity contribution in [2.75, 3.05) is 34.9 Å². The minimum absolute atomic E-state index is 0.0539. The maximum Gasteiger partial charge on any atom is 0.225 e. The number of nitrogens with zero attached hydrogens (tertiary/aromatic N) is 2. The quantitative estimate of drug-likeness (QED) is 0.560. The third-order valence-corrected chi connectivity index (χ3v) is 6.10. The summed E-state index contributed by atoms with van der Waals surface area (Å²) in [5.41, 5.74) is 5.48. The number of carbonyl (C=O) groups excluding carboxylic acids is 2. The summed E-state index contributed by atoms with van der Waals surface area (Å²) >= 11 is 0. The van der Waals surface area contributed by atoms with Gasteiger partial charge in [0.1, 0.15) is 0 Å². The SMILES string of the molecule is CC.CCC(C)C(C(CC(=O)N1CCCC1C(OC)C(C)C(N)=O)OC)N(C)C. The molecule has 1 fully saturated rings. The predicted molar refractivity (Wildman–Crippen MR) is 118 cm³/mol. The normalized spacial score (nSPS) is 21.7. The number of hydrogen-bond acceptors (Lipinski definition) is 5. The van der Waals surface area contributed by atoms with E-state index >= 15 is 0 Å². The highest BCUT2D eigenvalue weighted by atomic mass is 16.5. The van der Waals surface area contributed by atoms with Crippen molar-refractivity contribution in [1.82, 2.24) is 9.80 Å². The summed E-state index contributed by atoms with van der Waals surface area (Å²) in [6, 6.07) is 0.0386. The molecule has 0 saturated carbocycles. The van der Waals surface area contributed by atoms with E-state index in [4.69, 9.17) is 15.2 Å². The van der Waals surface area contributed by atoms with E-state index in [1.54, 1.807) is 21.1 Å². The van der Waals surface area contributed by atoms with Gasteiger partial charge >= 0.3 is 0 Å². The van der Waals surface area contributed by atoms with E-state index in [0.29, 0.717) is 18.9 Å². The Morgan fingerprint density at radius 3 is 2.17 bits per heavy atom. The number of methoxy groups -OCH3 is 2. The zero-order valence-corrected chi connectivity index (χ0v) is 20.1. The molecule has 1 rings (SSSR count). The lowest BCUT2D eigenvalue weighted by Crippen LogP contribution is -2.51. The highest BCUT2D eigenvalue weighted by Gasteiger charge is 2.40. The number of likely N-dealkylation sites (N-methyl/N-ethyl adjacent to an activating group) is 1. The van der Waals surface area contributed by atoms with Gasteiger partial charge in [0.2, 0.25) is 11.8 Å². The van der Waals surface area contributed by atoms with Crippen LogP contribution in [0.3, 0.4) is 0 Å². The van der Waals surface area contributed by atoms with E-state index in [9.17, 15) is 9.59 Å². The van der Waals surface area contributed by atoms with E-state index in [0.717, 1.165) is 19.3 Å². The molecule has 2 N–H and O–H groups in total. The lowest BCUT2D eigenvalue weighted by atomic mass is 9.91. The Hall–Kier alpha value is -1.18. The Kier molecular flexibility index (Phi) is 13.4. The first-order chi connectivity index (χ1) is 13.7. The second kappa shape index (κ2) is 13.9. The molecule has 0 radical (unpaired) electrons. The molecule has 0 bridgehead atoms. The Morgan fingerprint density at radius 1 is 1.17 bits per heavy atom. The van der Waals surface area contributed by atoms with Crippen LogP contribution in [-0.2, 0) is 19.1 Å². The highest BCUT2D eigenvalue weighted by molar-refractivity contribution is 5.79. The van der Waals surface area contributed by atoms with Crippen LogP contribution < -0.4 is 5.73 Å². The molecule has 2 amide bonds. The molecule has 1 aliphatic rings. The van der Waals surface area contributed by atoms with Crippen molar-refractivity contribution in [1.29, 1.82) is 0 Å². The minimum atomic E-state index is -0.443. The van der Waals surface area contributed by atoms with Gasteiger partial charge in [0, 0.05) is 26.8 Å². The van der Waals surface area contributed by atoms with Crippen LogP contribution in [0.15, 0.2) is 0 Å². The molecule has 0 aliphatic carbocycles. The first-order valence-corrected chi connectivity index (χ1v) is 11.0. The minimum Gasteiger partial charge on any atom is -0.379 e. The molecule has 1 heterocycles. The van der Waals surface area contributed by atoms with Gasteiger partial charge in [0.25, 0.3) is 0 Å². The molecule has 6 atom stereocenters. The van der Waals surface area contributed by atoms with Crippen LogP contribution in [0.4, 0.5) is 0 Å². The molecule has 0 aromatic carbocycles. The van der Waals surface area contributed by atoms with Gasteiger partial charge in [-0.3, -0.25) is 9.59 Å². The average molecular weight is 416 g/mol. The number of carbonyl (C=O) groups is 2. The van der Waals surface area contributed by atoms with Crippen LogP contribution in [0.5, 0.6) is 0 Å². The van der Waals surface area contributed by atoms with Crippen LogP contribution in [-0.4, -0.2) is 80.8 Å². The lowest BCUT2D eigenvalue weighted by Gasteiger charge is -2.37. The maximum absolute atomic E-state index is 13.1. The predicted octanol–water partition coefficient (Wildman–Crippen LogP) is 2.52. The number of hydrogen-bond donors (Lipinski definition) is 1. The number of nitrogens with two attached hydrogens (primary N) is 1. The molecule has 0 aromatic rings. The monoisotopic (exact) mass is 415 g/mol. The molecule has 0 aromatic heterocycles. The van der Waals surface area contributed by atoms with Gasteiger partial charge in [-0.25, -0.2) is 0 Å². The van der Waals surface area contributed by atoms with E-state index in [-0.39, 0.29) is 30.2 Å². The maximum atomic E-state index is 13.1. The molecular formula is C22H45N3O4. The van der Waals surface area contributed by atoms with Crippen molar-refractivity contribution < 1.29 is 19.1 Å². The standard InChI is InChI=1S/C20H39N3O4.C2H6/c1-8-13(2)18(22(4)5)16(26-6)12-17(24)23-11-9-10-15(23)19(27-7)14(3)20(21)25;1-2/h13-16,18-19H,8-12H2,1-7H3,(H2,21,25);1-2H3. The fourth-order valence-corrected chi connectivity index (χ4v) is 4.38. The zero-order chi connectivity index (χ0) is 22.7. The van der Waals surface area contributed by atoms with Crippen molar-refractivity contribution in [2.45, 2.75) is 84.6 Å². The molecule has 1 saturated heterocycles. The molecule has 0 spiro atoms. The Labute approximate surface area is 178 Å². The summed E-state index contributed by atoms with van der Waals surface area (Å²) in [6.07, 6.45) is 2.50. The summed E-state index contributed by atoms with van der Waals surface area (Å²) in [4.78, 5) is 28.8. The number of ether oxygens (including phenoxy) is 2. The largest absolute Gasteiger partial charge is 0.379 e. The number of rotatable bonds is 11. The van der Waals surface area contributed by atoms with Crippen LogP contribution in [0.25, 0.3) is 0 Å². The van der Waals surface area contributed by atoms with Crippen LogP contribution in [0.2, 0.25) is 0 Å². The molecule has 1 aliphatic heterocycles. The second-order valence-electron chi connectivity index (χ2n) is 8.01. The van der Waals surface area contributed by atoms with Crippen LogP contribution >= 0.6 is 0 Å². The fraction of sp³-hybridized carbons (Fsp3) is 0.909. The first kappa shape index (κ1) is 27.8. The Bertz CT molecular complexity index is 487. The summed E-state index contributed by atoms with van der Waals surface area (Å²) in [5, 5.41) is 0. The van der Waals surface area contributed by atoms with Gasteiger partial charge in [-0.05, 0) is 32.9 Å². The smallest absolute Gasteiger partial charge is 0.225 e. The van der Waals surface area contributed by atoms with E-state index in [1.165, 1.54) is 0 Å². The van der Waals surface area contributed by atoms with Crippen molar-refractivity contribution in [3.63, 3.8) is 0 Å². The average Bonchev–Trinajstić information content (AvgIpc) is 3.18. The highest BCUT2D eigenvalue weighted by Crippen LogP contribution is 2.28. The topological polar surface area (TPSA) is 85.1 Å². The molecule has 6 unspecified atom stereocenters. The summed E-state index contributed by atoms with van der Waals surface area (Å²) < 4.78 is 11.3. The first-order valence-electron chi connectivity index (χ1n) is 11.0. The van der Waals surface area contributed by atoms with Crippen LogP contribution in [0, 0.1) is 11.8 Å². The molecule has 7 nitrogen and oxygen atoms in total. The summed E-state index contributed by atoms with van der Waals surface area (Å²) in [5.74, 6) is -0.381. The van der Waals surface area contributed by atoms with E-state index < -0.39 is 11.8 Å². The summed E-state index contributed by atoms with van der Waals surface area (Å²) in [6.45, 7) is 10.8. The van der Waals surface area contributed by atoms with Crippen LogP contribution in [0.1, 0.15) is 60.3 Å². The lowest BCUT2D eigenvalue weighted by molar-refractivity contribution is -0.142. The van der Waals surface area contributed by atoms with Gasteiger partial charge in [-0.15, -0.1) is 0 Å². The van der Waals surface area contributed by atoms with E-state index in [1.807, 2.05) is 32.8 Å². The fourth-order valence-electron chi connectivity index (χ4n) is 4.38. The van der Waals surface area contributed by atoms with Gasteiger partial charge in [-0.1, -0.05) is 41.0 Å². The van der Waals surface area contributed by atoms with Crippen molar-refractivity contribution in [3.8, 4) is 0 Å². The third-order valence-electron chi connectivity index (χ3n) is 6.10. The van der Waals surface area contributed by atoms with E-state index in [2.05, 4.69) is 18.7 Å². The van der Waals surface area contributed by atoms with Crippen molar-refractivity contribution in [2.24, 2.45) is 17.6 Å². The second-order valence-corrected chi connectivity index (χ2v) is 8.01. The summed E-state index contributed by atoms with van der Waals surface area (Å²) in [7, 11) is 7.31. The Morgan fingerprint density at radius 2 is 1.76 bits per heavy atom. The number of likely N-dealkylation sites (tertiary alicyclic amines) is 1. The van der Waals surface area contributed by atoms with Gasteiger partial charge in [0.05, 0.1) is 30.6 Å².